The lowest BCUT2D eigenvalue weighted by Gasteiger charge is -2.26. The van der Waals surface area contributed by atoms with Crippen molar-refractivity contribution in [1.29, 1.82) is 0 Å². The van der Waals surface area contributed by atoms with Crippen LogP contribution in [0.2, 0.25) is 0 Å². The highest BCUT2D eigenvalue weighted by Gasteiger charge is 2.26. The third-order valence-electron chi connectivity index (χ3n) is 2.59. The smallest absolute Gasteiger partial charge is 0.335 e. The molecule has 7 nitrogen and oxygen atoms in total. The van der Waals surface area contributed by atoms with E-state index >= 15 is 0 Å². The molecule has 0 bridgehead atoms. The fourth-order valence-corrected chi connectivity index (χ4v) is 2.55. The second-order valence-electron chi connectivity index (χ2n) is 3.97. The van der Waals surface area contributed by atoms with Crippen LogP contribution in [0.1, 0.15) is 6.92 Å². The molecule has 0 spiro atoms. The maximum Gasteiger partial charge on any atom is 0.442 e. The first-order chi connectivity index (χ1) is 9.47. The van der Waals surface area contributed by atoms with Crippen molar-refractivity contribution in [2.24, 2.45) is 5.16 Å². The van der Waals surface area contributed by atoms with Gasteiger partial charge in [0, 0.05) is 38.6 Å². The highest BCUT2D eigenvalue weighted by Crippen LogP contribution is 2.15. The van der Waals surface area contributed by atoms with E-state index < -0.39 is 12.0 Å². The molecule has 0 aromatic rings. The zero-order valence-corrected chi connectivity index (χ0v) is 13.3. The van der Waals surface area contributed by atoms with Crippen molar-refractivity contribution in [2.75, 3.05) is 37.9 Å². The second-order valence-corrected chi connectivity index (χ2v) is 6.03. The van der Waals surface area contributed by atoms with Crippen LogP contribution in [-0.4, -0.2) is 70.6 Å². The molecular formula is C11H17N3O4S2. The number of rotatable bonds is 4. The van der Waals surface area contributed by atoms with E-state index in [0.717, 1.165) is 10.7 Å². The van der Waals surface area contributed by atoms with E-state index in [2.05, 4.69) is 9.99 Å². The lowest BCUT2D eigenvalue weighted by molar-refractivity contribution is -0.126. The van der Waals surface area contributed by atoms with Gasteiger partial charge >= 0.3 is 6.09 Å². The number of nitrogens with zero attached hydrogens (tertiary/aromatic N) is 3. The predicted molar refractivity (Wildman–Crippen MR) is 79.8 cm³/mol. The molecule has 0 radical (unpaired) electrons. The predicted octanol–water partition coefficient (Wildman–Crippen LogP) is 0.853. The largest absolute Gasteiger partial charge is 0.442 e. The summed E-state index contributed by atoms with van der Waals surface area (Å²) in [6.45, 7) is 2.53. The lowest BCUT2D eigenvalue weighted by Crippen LogP contribution is -2.42. The van der Waals surface area contributed by atoms with Crippen molar-refractivity contribution < 1.29 is 19.2 Å². The average Bonchev–Trinajstić information content (AvgIpc) is 2.43. The Kier molecular flexibility index (Phi) is 6.86. The molecule has 0 aromatic heterocycles. The van der Waals surface area contributed by atoms with Crippen LogP contribution in [-0.2, 0) is 14.4 Å². The standard InChI is InChI=1S/C11H17N3O4S2/c1-8(15)13(2)11(17)18-12-9-10(16)14(4-6-19-3)5-7-20-9/h4-7H2,1-3H3. The number of imide groups is 1. The third kappa shape index (κ3) is 4.71. The average molecular weight is 319 g/mol. The van der Waals surface area contributed by atoms with Crippen molar-refractivity contribution in [3.05, 3.63) is 0 Å². The van der Waals surface area contributed by atoms with Gasteiger partial charge in [0.05, 0.1) is 0 Å². The molecule has 1 aliphatic rings. The van der Waals surface area contributed by atoms with Crippen molar-refractivity contribution >= 4 is 46.5 Å². The summed E-state index contributed by atoms with van der Waals surface area (Å²) in [5.74, 6) is 0.850. The van der Waals surface area contributed by atoms with Gasteiger partial charge in [-0.05, 0) is 6.26 Å². The van der Waals surface area contributed by atoms with E-state index in [9.17, 15) is 14.4 Å². The Hall–Kier alpha value is -1.22. The molecule has 0 saturated carbocycles. The molecule has 1 fully saturated rings. The molecule has 1 heterocycles. The molecule has 9 heteroatoms. The summed E-state index contributed by atoms with van der Waals surface area (Å²) in [4.78, 5) is 41.5. The fourth-order valence-electron chi connectivity index (χ4n) is 1.30. The number of thioether (sulfide) groups is 2. The maximum atomic E-state index is 12.0. The van der Waals surface area contributed by atoms with Gasteiger partial charge in [0.25, 0.3) is 5.91 Å². The summed E-state index contributed by atoms with van der Waals surface area (Å²) in [6, 6.07) is 0. The topological polar surface area (TPSA) is 79.3 Å². The number of carbonyl (C=O) groups is 3. The molecule has 1 rings (SSSR count). The van der Waals surface area contributed by atoms with Crippen LogP contribution in [0.5, 0.6) is 0 Å². The minimum atomic E-state index is -0.903. The van der Waals surface area contributed by atoms with Gasteiger partial charge in [0.2, 0.25) is 11.0 Å². The molecule has 0 aromatic carbocycles. The Labute approximate surface area is 126 Å². The summed E-state index contributed by atoms with van der Waals surface area (Å²) < 4.78 is 0. The lowest BCUT2D eigenvalue weighted by atomic mass is 10.4. The van der Waals surface area contributed by atoms with Gasteiger partial charge in [0.1, 0.15) is 0 Å². The number of oxime groups is 1. The zero-order chi connectivity index (χ0) is 15.1. The molecule has 0 N–H and O–H groups in total. The number of hydrogen-bond acceptors (Lipinski definition) is 7. The minimum absolute atomic E-state index is 0.141. The quantitative estimate of drug-likeness (QED) is 0.565. The van der Waals surface area contributed by atoms with Crippen LogP contribution in [0, 0.1) is 0 Å². The van der Waals surface area contributed by atoms with Gasteiger partial charge in [-0.15, -0.1) is 0 Å². The Morgan fingerprint density at radius 1 is 1.55 bits per heavy atom. The molecule has 1 saturated heterocycles. The van der Waals surface area contributed by atoms with E-state index in [4.69, 9.17) is 0 Å². The van der Waals surface area contributed by atoms with Crippen molar-refractivity contribution in [3.8, 4) is 0 Å². The number of amides is 3. The van der Waals surface area contributed by atoms with Crippen molar-refractivity contribution in [1.82, 2.24) is 9.80 Å². The second kappa shape index (κ2) is 8.15. The van der Waals surface area contributed by atoms with Gasteiger partial charge in [-0.2, -0.15) is 11.8 Å². The van der Waals surface area contributed by atoms with Crippen molar-refractivity contribution in [3.63, 3.8) is 0 Å². The summed E-state index contributed by atoms with van der Waals surface area (Å²) in [5.41, 5.74) is 0. The number of carbonyl (C=O) groups excluding carboxylic acids is 3. The molecule has 1 aliphatic heterocycles. The van der Waals surface area contributed by atoms with Gasteiger partial charge < -0.3 is 4.90 Å². The normalized spacial score (nSPS) is 17.2. The first kappa shape index (κ1) is 16.8. The van der Waals surface area contributed by atoms with Crippen LogP contribution >= 0.6 is 23.5 Å². The summed E-state index contributed by atoms with van der Waals surface area (Å²) in [7, 11) is 1.28. The summed E-state index contributed by atoms with van der Waals surface area (Å²) in [6.07, 6.45) is 1.07. The fraction of sp³-hybridized carbons (Fsp3) is 0.636. The Balaban J connectivity index is 2.61. The van der Waals surface area contributed by atoms with Crippen LogP contribution in [0.4, 0.5) is 4.79 Å². The van der Waals surface area contributed by atoms with E-state index in [0.29, 0.717) is 18.8 Å². The summed E-state index contributed by atoms with van der Waals surface area (Å²) >= 11 is 2.90. The SMILES string of the molecule is CSCCN1CCSC(=NOC(=O)N(C)C(C)=O)C1=O. The summed E-state index contributed by atoms with van der Waals surface area (Å²) in [5, 5.41) is 3.71. The van der Waals surface area contributed by atoms with Gasteiger partial charge in [0.15, 0.2) is 0 Å². The van der Waals surface area contributed by atoms with Crippen molar-refractivity contribution in [2.45, 2.75) is 6.92 Å². The molecule has 20 heavy (non-hydrogen) atoms. The monoisotopic (exact) mass is 319 g/mol. The maximum absolute atomic E-state index is 12.0. The zero-order valence-electron chi connectivity index (χ0n) is 11.6. The first-order valence-electron chi connectivity index (χ1n) is 5.91. The minimum Gasteiger partial charge on any atom is -0.335 e. The van der Waals surface area contributed by atoms with Gasteiger partial charge in [-0.3, -0.25) is 14.4 Å². The molecule has 0 atom stereocenters. The van der Waals surface area contributed by atoms with Gasteiger partial charge in [-0.1, -0.05) is 16.9 Å². The molecular weight excluding hydrogens is 302 g/mol. The first-order valence-corrected chi connectivity index (χ1v) is 8.29. The third-order valence-corrected chi connectivity index (χ3v) is 4.09. The van der Waals surface area contributed by atoms with Crippen LogP contribution in [0.25, 0.3) is 0 Å². The van der Waals surface area contributed by atoms with Gasteiger partial charge in [-0.25, -0.2) is 9.69 Å². The Morgan fingerprint density at radius 2 is 2.25 bits per heavy atom. The van der Waals surface area contributed by atoms with Crippen LogP contribution < -0.4 is 0 Å². The van der Waals surface area contributed by atoms with E-state index in [1.165, 1.54) is 25.7 Å². The highest BCUT2D eigenvalue weighted by molar-refractivity contribution is 8.15. The van der Waals surface area contributed by atoms with Crippen LogP contribution in [0.3, 0.4) is 0 Å². The van der Waals surface area contributed by atoms with Crippen LogP contribution in [0.15, 0.2) is 5.16 Å². The molecule has 0 aliphatic carbocycles. The molecule has 112 valence electrons. The Morgan fingerprint density at radius 3 is 2.85 bits per heavy atom. The van der Waals surface area contributed by atoms with E-state index in [1.54, 1.807) is 16.7 Å². The number of hydrogen-bond donors (Lipinski definition) is 0. The molecule has 3 amide bonds. The Bertz CT molecular complexity index is 428. The molecule has 0 unspecified atom stereocenters. The highest BCUT2D eigenvalue weighted by atomic mass is 32.2. The van der Waals surface area contributed by atoms with E-state index in [1.807, 2.05) is 6.26 Å². The van der Waals surface area contributed by atoms with E-state index in [-0.39, 0.29) is 11.0 Å².